The van der Waals surface area contributed by atoms with Crippen LogP contribution in [0.5, 0.6) is 0 Å². The molecule has 2 heterocycles. The zero-order valence-electron chi connectivity index (χ0n) is 19.1. The number of nitrogens with zero attached hydrogens (tertiary/aromatic N) is 2. The number of aliphatic imine (C=N–C) groups is 1. The molecule has 2 N–H and O–H groups in total. The van der Waals surface area contributed by atoms with Crippen molar-refractivity contribution in [1.82, 2.24) is 4.98 Å². The van der Waals surface area contributed by atoms with Crippen LogP contribution in [0, 0.1) is 0 Å². The van der Waals surface area contributed by atoms with Gasteiger partial charge in [0.2, 0.25) is 5.90 Å². The van der Waals surface area contributed by atoms with Gasteiger partial charge in [-0.15, -0.1) is 0 Å². The number of para-hydroxylation sites is 1. The second kappa shape index (κ2) is 10.0. The van der Waals surface area contributed by atoms with Crippen molar-refractivity contribution in [3.05, 3.63) is 108 Å². The molecule has 9 heteroatoms. The Labute approximate surface area is 208 Å². The van der Waals surface area contributed by atoms with Crippen molar-refractivity contribution < 1.29 is 17.9 Å². The van der Waals surface area contributed by atoms with Gasteiger partial charge in [0, 0.05) is 11.8 Å². The topological polar surface area (TPSA) is 110 Å². The third-order valence-corrected chi connectivity index (χ3v) is 6.90. The Kier molecular flexibility index (Phi) is 6.46. The van der Waals surface area contributed by atoms with E-state index in [4.69, 9.17) is 4.74 Å². The first-order valence-electron chi connectivity index (χ1n) is 11.2. The summed E-state index contributed by atoms with van der Waals surface area (Å²) in [4.78, 5) is 22.2. The molecule has 1 aromatic heterocycles. The highest BCUT2D eigenvalue weighted by Gasteiger charge is 2.22. The number of pyridine rings is 1. The van der Waals surface area contributed by atoms with Crippen LogP contribution in [0.3, 0.4) is 0 Å². The molecule has 0 radical (unpaired) electrons. The molecular formula is C27H22N4O4S. The second-order valence-corrected chi connectivity index (χ2v) is 9.61. The van der Waals surface area contributed by atoms with Crippen LogP contribution in [0.15, 0.2) is 107 Å². The number of carbonyl (C=O) groups is 1. The Hall–Kier alpha value is -4.50. The van der Waals surface area contributed by atoms with Crippen LogP contribution in [0.25, 0.3) is 11.3 Å². The number of aromatic nitrogens is 1. The van der Waals surface area contributed by atoms with Gasteiger partial charge in [-0.05, 0) is 48.5 Å². The van der Waals surface area contributed by atoms with E-state index in [0.29, 0.717) is 41.6 Å². The number of nitrogens with one attached hydrogen (secondary N) is 2. The van der Waals surface area contributed by atoms with Crippen molar-refractivity contribution in [3.63, 3.8) is 0 Å². The van der Waals surface area contributed by atoms with Crippen molar-refractivity contribution in [1.29, 1.82) is 0 Å². The van der Waals surface area contributed by atoms with Crippen LogP contribution in [0.1, 0.15) is 15.9 Å². The lowest BCUT2D eigenvalue weighted by molar-refractivity contribution is 0.102. The van der Waals surface area contributed by atoms with E-state index in [-0.39, 0.29) is 16.1 Å². The summed E-state index contributed by atoms with van der Waals surface area (Å²) in [6.45, 7) is 1.04. The number of hydrogen-bond acceptors (Lipinski definition) is 6. The predicted octanol–water partition coefficient (Wildman–Crippen LogP) is 4.58. The number of benzene rings is 3. The van der Waals surface area contributed by atoms with Crippen LogP contribution in [0.2, 0.25) is 0 Å². The van der Waals surface area contributed by atoms with Crippen LogP contribution < -0.4 is 10.0 Å². The molecule has 36 heavy (non-hydrogen) atoms. The van der Waals surface area contributed by atoms with E-state index >= 15 is 0 Å². The first kappa shape index (κ1) is 23.3. The summed E-state index contributed by atoms with van der Waals surface area (Å²) in [5.41, 5.74) is 2.75. The molecule has 0 saturated heterocycles. The van der Waals surface area contributed by atoms with Gasteiger partial charge in [-0.25, -0.2) is 13.4 Å². The molecule has 1 aliphatic rings. The molecular weight excluding hydrogens is 476 g/mol. The number of rotatable bonds is 7. The minimum Gasteiger partial charge on any atom is -0.475 e. The summed E-state index contributed by atoms with van der Waals surface area (Å²) in [5, 5.41) is 2.88. The maximum Gasteiger partial charge on any atom is 0.261 e. The van der Waals surface area contributed by atoms with Crippen molar-refractivity contribution in [2.24, 2.45) is 4.99 Å². The molecule has 0 saturated carbocycles. The molecule has 4 aromatic rings. The average molecular weight is 499 g/mol. The lowest BCUT2D eigenvalue weighted by Gasteiger charge is -2.16. The lowest BCUT2D eigenvalue weighted by Crippen LogP contribution is -2.20. The fraction of sp³-hybridized carbons (Fsp3) is 0.0741. The SMILES string of the molecule is O=C(Nc1ccccc1C1=NCCO1)c1ccc(-c2ccccn2)cc1NS(=O)(=O)c1ccccc1. The molecule has 180 valence electrons. The van der Waals surface area contributed by atoms with E-state index in [1.54, 1.807) is 60.8 Å². The second-order valence-electron chi connectivity index (χ2n) is 7.93. The van der Waals surface area contributed by atoms with Gasteiger partial charge in [0.1, 0.15) is 6.61 Å². The molecule has 0 spiro atoms. The maximum atomic E-state index is 13.4. The average Bonchev–Trinajstić information content (AvgIpc) is 3.45. The standard InChI is InChI=1S/C27H22N4O4S/c32-26(30-24-12-5-4-10-22(24)27-29-16-17-35-27)21-14-13-19(23-11-6-7-15-28-23)18-25(21)31-36(33,34)20-8-2-1-3-9-20/h1-15,18,31H,16-17H2,(H,30,32). The fourth-order valence-corrected chi connectivity index (χ4v) is 4.88. The van der Waals surface area contributed by atoms with Gasteiger partial charge in [0.25, 0.3) is 15.9 Å². The van der Waals surface area contributed by atoms with Gasteiger partial charge in [-0.2, -0.15) is 0 Å². The highest BCUT2D eigenvalue weighted by Crippen LogP contribution is 2.28. The van der Waals surface area contributed by atoms with Crippen molar-refractivity contribution in [3.8, 4) is 11.3 Å². The maximum absolute atomic E-state index is 13.4. The van der Waals surface area contributed by atoms with Gasteiger partial charge in [0.05, 0.1) is 39.6 Å². The highest BCUT2D eigenvalue weighted by atomic mass is 32.2. The number of anilines is 2. The zero-order valence-corrected chi connectivity index (χ0v) is 19.9. The molecule has 0 bridgehead atoms. The Bertz CT molecular complexity index is 1540. The van der Waals surface area contributed by atoms with Crippen molar-refractivity contribution in [2.75, 3.05) is 23.2 Å². The van der Waals surface area contributed by atoms with Crippen LogP contribution in [-0.2, 0) is 14.8 Å². The van der Waals surface area contributed by atoms with E-state index in [0.717, 1.165) is 0 Å². The van der Waals surface area contributed by atoms with E-state index in [1.807, 2.05) is 24.3 Å². The van der Waals surface area contributed by atoms with Gasteiger partial charge >= 0.3 is 0 Å². The number of carbonyl (C=O) groups excluding carboxylic acids is 1. The molecule has 1 amide bonds. The summed E-state index contributed by atoms with van der Waals surface area (Å²) in [6.07, 6.45) is 1.65. The summed E-state index contributed by atoms with van der Waals surface area (Å²) in [6, 6.07) is 25.5. The Morgan fingerprint density at radius 3 is 2.39 bits per heavy atom. The molecule has 0 aliphatic carbocycles. The van der Waals surface area contributed by atoms with Crippen molar-refractivity contribution >= 4 is 33.2 Å². The van der Waals surface area contributed by atoms with E-state index in [2.05, 4.69) is 20.0 Å². The predicted molar refractivity (Wildman–Crippen MR) is 139 cm³/mol. The first-order valence-corrected chi connectivity index (χ1v) is 12.7. The highest BCUT2D eigenvalue weighted by molar-refractivity contribution is 7.92. The van der Waals surface area contributed by atoms with Gasteiger partial charge in [-0.3, -0.25) is 14.5 Å². The lowest BCUT2D eigenvalue weighted by atomic mass is 10.1. The third kappa shape index (κ3) is 4.96. The Balaban J connectivity index is 1.53. The smallest absolute Gasteiger partial charge is 0.261 e. The molecule has 0 atom stereocenters. The van der Waals surface area contributed by atoms with Gasteiger partial charge in [-0.1, -0.05) is 42.5 Å². The summed E-state index contributed by atoms with van der Waals surface area (Å²) in [5.74, 6) is -0.0271. The number of ether oxygens (including phenoxy) is 1. The summed E-state index contributed by atoms with van der Waals surface area (Å²) in [7, 11) is -3.95. The largest absolute Gasteiger partial charge is 0.475 e. The molecule has 0 fully saturated rings. The normalized spacial score (nSPS) is 12.9. The van der Waals surface area contributed by atoms with E-state index in [1.165, 1.54) is 12.1 Å². The van der Waals surface area contributed by atoms with Crippen LogP contribution in [0.4, 0.5) is 11.4 Å². The Morgan fingerprint density at radius 2 is 1.64 bits per heavy atom. The van der Waals surface area contributed by atoms with Gasteiger partial charge in [0.15, 0.2) is 0 Å². The van der Waals surface area contributed by atoms with Crippen molar-refractivity contribution in [2.45, 2.75) is 4.90 Å². The Morgan fingerprint density at radius 1 is 0.861 bits per heavy atom. The van der Waals surface area contributed by atoms with E-state index < -0.39 is 15.9 Å². The summed E-state index contributed by atoms with van der Waals surface area (Å²) < 4.78 is 34.4. The molecule has 3 aromatic carbocycles. The van der Waals surface area contributed by atoms with E-state index in [9.17, 15) is 13.2 Å². The molecule has 1 aliphatic heterocycles. The third-order valence-electron chi connectivity index (χ3n) is 5.51. The van der Waals surface area contributed by atoms with Crippen LogP contribution >= 0.6 is 0 Å². The quantitative estimate of drug-likeness (QED) is 0.388. The minimum atomic E-state index is -3.95. The zero-order chi connectivity index (χ0) is 25.0. The minimum absolute atomic E-state index is 0.0846. The number of amides is 1. The number of hydrogen-bond donors (Lipinski definition) is 2. The summed E-state index contributed by atoms with van der Waals surface area (Å²) >= 11 is 0. The molecule has 5 rings (SSSR count). The number of sulfonamides is 1. The molecule has 0 unspecified atom stereocenters. The van der Waals surface area contributed by atoms with Gasteiger partial charge < -0.3 is 10.1 Å². The van der Waals surface area contributed by atoms with Crippen LogP contribution in [-0.4, -0.2) is 38.4 Å². The monoisotopic (exact) mass is 498 g/mol. The first-order chi connectivity index (χ1) is 17.5. The molecule has 8 nitrogen and oxygen atoms in total. The fourth-order valence-electron chi connectivity index (χ4n) is 3.79.